The molecule has 3 fully saturated rings. The molecule has 3 rings (SSSR count). The largest absolute Gasteiger partial charge is 0.378 e. The number of amides is 1. The van der Waals surface area contributed by atoms with E-state index >= 15 is 0 Å². The molecule has 0 spiro atoms. The Hall–Kier alpha value is -1.34. The van der Waals surface area contributed by atoms with Crippen molar-refractivity contribution in [1.82, 2.24) is 20.0 Å². The molecule has 2 saturated heterocycles. The van der Waals surface area contributed by atoms with Crippen molar-refractivity contribution < 1.29 is 9.53 Å². The summed E-state index contributed by atoms with van der Waals surface area (Å²) in [6.45, 7) is 7.99. The Morgan fingerprint density at radius 3 is 2.23 bits per heavy atom. The van der Waals surface area contributed by atoms with E-state index in [2.05, 4.69) is 25.0 Å². The fraction of sp³-hybridized carbons (Fsp3) is 0.917. The van der Waals surface area contributed by atoms with Crippen molar-refractivity contribution in [2.75, 3.05) is 66.0 Å². The molecule has 0 unspecified atom stereocenters. The SMILES string of the molecule is CN=C(NCCCCOC1CCCCCC1)N1CCN(CC(=O)N2CCCCC2)CC1. The van der Waals surface area contributed by atoms with Crippen LogP contribution in [0.3, 0.4) is 0 Å². The average Bonchev–Trinajstić information content (AvgIpc) is 3.09. The number of hydrogen-bond acceptors (Lipinski definition) is 4. The van der Waals surface area contributed by atoms with Crippen LogP contribution in [0.1, 0.15) is 70.6 Å². The van der Waals surface area contributed by atoms with Gasteiger partial charge >= 0.3 is 0 Å². The zero-order valence-corrected chi connectivity index (χ0v) is 19.8. The van der Waals surface area contributed by atoms with Crippen LogP contribution in [0.2, 0.25) is 0 Å². The van der Waals surface area contributed by atoms with Crippen LogP contribution < -0.4 is 5.32 Å². The summed E-state index contributed by atoms with van der Waals surface area (Å²) in [5, 5.41) is 3.52. The highest BCUT2D eigenvalue weighted by Gasteiger charge is 2.24. The van der Waals surface area contributed by atoms with Gasteiger partial charge in [0.1, 0.15) is 0 Å². The second-order valence-corrected chi connectivity index (χ2v) is 9.37. The fourth-order valence-corrected chi connectivity index (χ4v) is 4.97. The maximum absolute atomic E-state index is 12.5. The number of carbonyl (C=O) groups is 1. The predicted octanol–water partition coefficient (Wildman–Crippen LogP) is 2.71. The lowest BCUT2D eigenvalue weighted by molar-refractivity contribution is -0.133. The van der Waals surface area contributed by atoms with E-state index < -0.39 is 0 Å². The molecule has 7 heteroatoms. The Balaban J connectivity index is 1.25. The Kier molecular flexibility index (Phi) is 10.9. The normalized spacial score (nSPS) is 22.4. The van der Waals surface area contributed by atoms with Crippen LogP contribution in [-0.4, -0.2) is 98.7 Å². The van der Waals surface area contributed by atoms with Crippen LogP contribution in [0, 0.1) is 0 Å². The first kappa shape index (κ1) is 24.3. The van der Waals surface area contributed by atoms with E-state index in [9.17, 15) is 4.79 Å². The van der Waals surface area contributed by atoms with Gasteiger partial charge in [0.2, 0.25) is 5.91 Å². The van der Waals surface area contributed by atoms with Crippen LogP contribution in [0.15, 0.2) is 4.99 Å². The third-order valence-corrected chi connectivity index (χ3v) is 6.96. The number of unbranched alkanes of at least 4 members (excludes halogenated alkanes) is 1. The Morgan fingerprint density at radius 1 is 0.871 bits per heavy atom. The zero-order valence-electron chi connectivity index (χ0n) is 19.8. The molecule has 2 heterocycles. The number of piperidine rings is 1. The summed E-state index contributed by atoms with van der Waals surface area (Å²) in [5.74, 6) is 1.30. The first-order valence-corrected chi connectivity index (χ1v) is 12.8. The van der Waals surface area contributed by atoms with E-state index in [4.69, 9.17) is 4.74 Å². The summed E-state index contributed by atoms with van der Waals surface area (Å²) < 4.78 is 6.09. The van der Waals surface area contributed by atoms with Gasteiger partial charge in [0, 0.05) is 59.5 Å². The molecule has 31 heavy (non-hydrogen) atoms. The van der Waals surface area contributed by atoms with Gasteiger partial charge in [0.25, 0.3) is 0 Å². The highest BCUT2D eigenvalue weighted by Crippen LogP contribution is 2.20. The van der Waals surface area contributed by atoms with Gasteiger partial charge in [0.15, 0.2) is 5.96 Å². The molecule has 0 radical (unpaired) electrons. The van der Waals surface area contributed by atoms with Crippen LogP contribution in [0.25, 0.3) is 0 Å². The molecule has 3 aliphatic rings. The van der Waals surface area contributed by atoms with Gasteiger partial charge in [-0.05, 0) is 44.9 Å². The molecule has 1 amide bonds. The summed E-state index contributed by atoms with van der Waals surface area (Å²) in [6.07, 6.45) is 14.2. The molecule has 1 saturated carbocycles. The third kappa shape index (κ3) is 8.60. The number of rotatable bonds is 8. The maximum atomic E-state index is 12.5. The second-order valence-electron chi connectivity index (χ2n) is 9.37. The highest BCUT2D eigenvalue weighted by atomic mass is 16.5. The number of aliphatic imine (C=N–C) groups is 1. The quantitative estimate of drug-likeness (QED) is 0.275. The number of guanidine groups is 1. The van der Waals surface area contributed by atoms with E-state index in [0.29, 0.717) is 18.6 Å². The maximum Gasteiger partial charge on any atom is 0.236 e. The predicted molar refractivity (Wildman–Crippen MR) is 126 cm³/mol. The lowest BCUT2D eigenvalue weighted by Crippen LogP contribution is -2.54. The van der Waals surface area contributed by atoms with E-state index in [1.165, 1.54) is 44.9 Å². The Morgan fingerprint density at radius 2 is 1.55 bits per heavy atom. The van der Waals surface area contributed by atoms with Crippen molar-refractivity contribution >= 4 is 11.9 Å². The molecule has 2 aliphatic heterocycles. The minimum atomic E-state index is 0.307. The molecule has 1 N–H and O–H groups in total. The molecule has 1 aliphatic carbocycles. The van der Waals surface area contributed by atoms with Gasteiger partial charge in [-0.15, -0.1) is 0 Å². The summed E-state index contributed by atoms with van der Waals surface area (Å²) >= 11 is 0. The lowest BCUT2D eigenvalue weighted by Gasteiger charge is -2.37. The van der Waals surface area contributed by atoms with Gasteiger partial charge in [-0.2, -0.15) is 0 Å². The number of ether oxygens (including phenoxy) is 1. The number of nitrogens with zero attached hydrogens (tertiary/aromatic N) is 4. The van der Waals surface area contributed by atoms with Gasteiger partial charge in [0.05, 0.1) is 12.6 Å². The zero-order chi connectivity index (χ0) is 21.7. The van der Waals surface area contributed by atoms with Gasteiger partial charge in [-0.25, -0.2) is 0 Å². The van der Waals surface area contributed by atoms with Crippen LogP contribution in [0.5, 0.6) is 0 Å². The van der Waals surface area contributed by atoms with Crippen molar-refractivity contribution in [2.24, 2.45) is 4.99 Å². The van der Waals surface area contributed by atoms with E-state index in [1.807, 2.05) is 7.05 Å². The summed E-state index contributed by atoms with van der Waals surface area (Å²) in [6, 6.07) is 0. The average molecular weight is 436 g/mol. The fourth-order valence-electron chi connectivity index (χ4n) is 4.97. The van der Waals surface area contributed by atoms with Crippen LogP contribution in [-0.2, 0) is 9.53 Å². The number of hydrogen-bond donors (Lipinski definition) is 1. The third-order valence-electron chi connectivity index (χ3n) is 6.96. The Labute approximate surface area is 189 Å². The summed E-state index contributed by atoms with van der Waals surface area (Å²) in [7, 11) is 1.86. The molecular formula is C24H45N5O2. The van der Waals surface area contributed by atoms with Crippen molar-refractivity contribution in [2.45, 2.75) is 76.7 Å². The number of nitrogens with one attached hydrogen (secondary N) is 1. The highest BCUT2D eigenvalue weighted by molar-refractivity contribution is 5.80. The number of piperazine rings is 1. The first-order valence-electron chi connectivity index (χ1n) is 12.8. The van der Waals surface area contributed by atoms with Crippen LogP contribution >= 0.6 is 0 Å². The topological polar surface area (TPSA) is 60.4 Å². The first-order chi connectivity index (χ1) is 15.3. The molecule has 0 aromatic rings. The van der Waals surface area contributed by atoms with Crippen LogP contribution in [0.4, 0.5) is 0 Å². The molecule has 0 bridgehead atoms. The van der Waals surface area contributed by atoms with E-state index in [0.717, 1.165) is 84.1 Å². The minimum absolute atomic E-state index is 0.307. The number of carbonyl (C=O) groups excluding carboxylic acids is 1. The lowest BCUT2D eigenvalue weighted by atomic mass is 10.1. The van der Waals surface area contributed by atoms with Crippen molar-refractivity contribution in [3.05, 3.63) is 0 Å². The van der Waals surface area contributed by atoms with Gasteiger partial charge < -0.3 is 19.9 Å². The monoisotopic (exact) mass is 435 g/mol. The molecule has 0 aromatic heterocycles. The van der Waals surface area contributed by atoms with Gasteiger partial charge in [-0.3, -0.25) is 14.7 Å². The Bertz CT molecular complexity index is 534. The van der Waals surface area contributed by atoms with Gasteiger partial charge in [-0.1, -0.05) is 25.7 Å². The molecule has 0 atom stereocenters. The molecular weight excluding hydrogens is 390 g/mol. The smallest absolute Gasteiger partial charge is 0.236 e. The molecule has 7 nitrogen and oxygen atoms in total. The second kappa shape index (κ2) is 13.9. The number of likely N-dealkylation sites (tertiary alicyclic amines) is 1. The molecule has 178 valence electrons. The molecule has 0 aromatic carbocycles. The van der Waals surface area contributed by atoms with Crippen molar-refractivity contribution in [1.29, 1.82) is 0 Å². The standard InChI is InChI=1S/C24H45N5O2/c1-25-24(26-13-7-10-20-31-22-11-5-2-3-6-12-22)29-18-16-27(17-19-29)21-23(30)28-14-8-4-9-15-28/h22H,2-21H2,1H3,(H,25,26). The minimum Gasteiger partial charge on any atom is -0.378 e. The summed E-state index contributed by atoms with van der Waals surface area (Å²) in [4.78, 5) is 23.7. The van der Waals surface area contributed by atoms with E-state index in [-0.39, 0.29) is 0 Å². The summed E-state index contributed by atoms with van der Waals surface area (Å²) in [5.41, 5.74) is 0. The van der Waals surface area contributed by atoms with E-state index in [1.54, 1.807) is 0 Å². The van der Waals surface area contributed by atoms with Crippen molar-refractivity contribution in [3.8, 4) is 0 Å². The van der Waals surface area contributed by atoms with Crippen molar-refractivity contribution in [3.63, 3.8) is 0 Å².